The van der Waals surface area contributed by atoms with Gasteiger partial charge in [-0.1, -0.05) is 36.8 Å². The Balaban J connectivity index is 2.06. The van der Waals surface area contributed by atoms with Crippen LogP contribution in [0.2, 0.25) is 0 Å². The highest BCUT2D eigenvalue weighted by atomic mass is 32.1. The van der Waals surface area contributed by atoms with Gasteiger partial charge in [0, 0.05) is 17.8 Å². The zero-order chi connectivity index (χ0) is 14.1. The molecule has 104 valence electrons. The minimum atomic E-state index is 0.0954. The molecule has 0 saturated carbocycles. The van der Waals surface area contributed by atoms with Gasteiger partial charge in [0.15, 0.2) is 0 Å². The third-order valence-corrected chi connectivity index (χ3v) is 4.98. The third-order valence-electron chi connectivity index (χ3n) is 3.98. The van der Waals surface area contributed by atoms with E-state index < -0.39 is 0 Å². The minimum absolute atomic E-state index is 0.0954. The van der Waals surface area contributed by atoms with Gasteiger partial charge in [0.05, 0.1) is 6.04 Å². The molecular formula is C17H19NOS. The van der Waals surface area contributed by atoms with Gasteiger partial charge in [-0.25, -0.2) is 0 Å². The Hall–Kier alpha value is -1.61. The van der Waals surface area contributed by atoms with Gasteiger partial charge in [-0.3, -0.25) is 4.79 Å². The van der Waals surface area contributed by atoms with Gasteiger partial charge in [0.1, 0.15) is 0 Å². The number of nitrogens with zero attached hydrogens (tertiary/aromatic N) is 1. The number of carbonyl (C=O) groups is 1. The summed E-state index contributed by atoms with van der Waals surface area (Å²) in [7, 11) is 0. The van der Waals surface area contributed by atoms with E-state index in [-0.39, 0.29) is 11.9 Å². The van der Waals surface area contributed by atoms with Crippen LogP contribution in [-0.4, -0.2) is 17.4 Å². The van der Waals surface area contributed by atoms with Crippen molar-refractivity contribution in [1.82, 2.24) is 4.90 Å². The van der Waals surface area contributed by atoms with Gasteiger partial charge in [-0.15, -0.1) is 11.3 Å². The summed E-state index contributed by atoms with van der Waals surface area (Å²) in [5, 5.41) is 2.14. The van der Waals surface area contributed by atoms with Crippen molar-refractivity contribution in [1.29, 1.82) is 0 Å². The molecule has 0 aliphatic carbocycles. The lowest BCUT2D eigenvalue weighted by atomic mass is 9.92. The zero-order valence-corrected chi connectivity index (χ0v) is 12.7. The van der Waals surface area contributed by atoms with Crippen molar-refractivity contribution in [3.8, 4) is 0 Å². The highest BCUT2D eigenvalue weighted by Crippen LogP contribution is 2.38. The average Bonchev–Trinajstić information content (AvgIpc) is 2.95. The molecule has 0 N–H and O–H groups in total. The molecule has 0 bridgehead atoms. The van der Waals surface area contributed by atoms with Crippen LogP contribution in [-0.2, 0) is 11.2 Å². The maximum Gasteiger partial charge on any atom is 0.223 e. The zero-order valence-electron chi connectivity index (χ0n) is 11.9. The van der Waals surface area contributed by atoms with E-state index in [1.54, 1.807) is 0 Å². The van der Waals surface area contributed by atoms with Crippen LogP contribution >= 0.6 is 11.3 Å². The summed E-state index contributed by atoms with van der Waals surface area (Å²) in [6, 6.07) is 10.8. The van der Waals surface area contributed by atoms with Crippen molar-refractivity contribution in [3.63, 3.8) is 0 Å². The predicted molar refractivity (Wildman–Crippen MR) is 83.0 cm³/mol. The van der Waals surface area contributed by atoms with Crippen LogP contribution < -0.4 is 0 Å². The van der Waals surface area contributed by atoms with Gasteiger partial charge in [-0.2, -0.15) is 0 Å². The van der Waals surface area contributed by atoms with E-state index in [1.165, 1.54) is 21.6 Å². The third kappa shape index (κ3) is 2.27. The number of rotatable bonds is 2. The van der Waals surface area contributed by atoms with Crippen LogP contribution in [0.15, 0.2) is 35.7 Å². The number of thiophene rings is 1. The molecular weight excluding hydrogens is 266 g/mol. The quantitative estimate of drug-likeness (QED) is 0.818. The number of hydrogen-bond acceptors (Lipinski definition) is 2. The molecule has 0 fully saturated rings. The molecule has 1 aliphatic rings. The summed E-state index contributed by atoms with van der Waals surface area (Å²) >= 11 is 1.81. The molecule has 1 aromatic heterocycles. The first-order chi connectivity index (χ1) is 9.70. The van der Waals surface area contributed by atoms with Crippen molar-refractivity contribution in [2.45, 2.75) is 32.7 Å². The summed E-state index contributed by atoms with van der Waals surface area (Å²) in [4.78, 5) is 15.7. The maximum atomic E-state index is 12.3. The predicted octanol–water partition coefficient (Wildman–Crippen LogP) is 3.94. The number of fused-ring (bicyclic) bond motifs is 1. The van der Waals surface area contributed by atoms with Gasteiger partial charge in [0.2, 0.25) is 5.91 Å². The fourth-order valence-electron chi connectivity index (χ4n) is 2.90. The molecule has 2 aromatic rings. The molecule has 1 aromatic carbocycles. The summed E-state index contributed by atoms with van der Waals surface area (Å²) in [5.74, 6) is 0.243. The first kappa shape index (κ1) is 13.4. The van der Waals surface area contributed by atoms with E-state index in [2.05, 4.69) is 42.6 Å². The molecule has 1 aliphatic heterocycles. The molecule has 3 rings (SSSR count). The second-order valence-corrected chi connectivity index (χ2v) is 6.30. The Labute approximate surface area is 124 Å². The summed E-state index contributed by atoms with van der Waals surface area (Å²) < 4.78 is 0. The van der Waals surface area contributed by atoms with Crippen LogP contribution in [0.4, 0.5) is 0 Å². The van der Waals surface area contributed by atoms with E-state index in [0.29, 0.717) is 6.42 Å². The molecule has 1 unspecified atom stereocenters. The number of carbonyl (C=O) groups excluding carboxylic acids is 1. The van der Waals surface area contributed by atoms with Crippen LogP contribution in [0, 0.1) is 6.92 Å². The molecule has 0 spiro atoms. The standard InChI is InChI=1S/C17H19NOS/c1-3-16(19)18-10-8-15-14(9-11-20-15)17(18)13-6-4-12(2)5-7-13/h4-7,9,11,17H,3,8,10H2,1-2H3. The Morgan fingerprint density at radius 2 is 2.05 bits per heavy atom. The SMILES string of the molecule is CCC(=O)N1CCc2sccc2C1c1ccc(C)cc1. The van der Waals surface area contributed by atoms with Gasteiger partial charge < -0.3 is 4.90 Å². The Morgan fingerprint density at radius 1 is 1.30 bits per heavy atom. The Kier molecular flexibility index (Phi) is 3.62. The normalized spacial score (nSPS) is 17.9. The summed E-state index contributed by atoms with van der Waals surface area (Å²) in [5.41, 5.74) is 3.78. The van der Waals surface area contributed by atoms with Gasteiger partial charge >= 0.3 is 0 Å². The van der Waals surface area contributed by atoms with Gasteiger partial charge in [-0.05, 0) is 35.9 Å². The maximum absolute atomic E-state index is 12.3. The average molecular weight is 285 g/mol. The lowest BCUT2D eigenvalue weighted by Gasteiger charge is -2.36. The number of amides is 1. The number of hydrogen-bond donors (Lipinski definition) is 0. The van der Waals surface area contributed by atoms with E-state index in [9.17, 15) is 4.79 Å². The molecule has 0 radical (unpaired) electrons. The van der Waals surface area contributed by atoms with E-state index in [1.807, 2.05) is 23.2 Å². The lowest BCUT2D eigenvalue weighted by molar-refractivity contribution is -0.132. The van der Waals surface area contributed by atoms with E-state index in [4.69, 9.17) is 0 Å². The van der Waals surface area contributed by atoms with Crippen molar-refractivity contribution in [2.24, 2.45) is 0 Å². The second kappa shape index (κ2) is 5.41. The minimum Gasteiger partial charge on any atom is -0.331 e. The Morgan fingerprint density at radius 3 is 2.75 bits per heavy atom. The van der Waals surface area contributed by atoms with E-state index >= 15 is 0 Å². The largest absolute Gasteiger partial charge is 0.331 e. The topological polar surface area (TPSA) is 20.3 Å². The summed E-state index contributed by atoms with van der Waals surface area (Å²) in [6.07, 6.45) is 1.56. The Bertz CT molecular complexity index is 614. The fourth-order valence-corrected chi connectivity index (χ4v) is 3.80. The molecule has 1 amide bonds. The van der Waals surface area contributed by atoms with Crippen molar-refractivity contribution < 1.29 is 4.79 Å². The van der Waals surface area contributed by atoms with Crippen molar-refractivity contribution >= 4 is 17.2 Å². The monoisotopic (exact) mass is 285 g/mol. The molecule has 2 nitrogen and oxygen atoms in total. The summed E-state index contributed by atoms with van der Waals surface area (Å²) in [6.45, 7) is 4.87. The second-order valence-electron chi connectivity index (χ2n) is 5.30. The fraction of sp³-hybridized carbons (Fsp3) is 0.353. The first-order valence-corrected chi connectivity index (χ1v) is 8.01. The molecule has 2 heterocycles. The molecule has 0 saturated heterocycles. The highest BCUT2D eigenvalue weighted by Gasteiger charge is 2.31. The van der Waals surface area contributed by atoms with Crippen molar-refractivity contribution in [3.05, 3.63) is 57.3 Å². The van der Waals surface area contributed by atoms with E-state index in [0.717, 1.165) is 13.0 Å². The van der Waals surface area contributed by atoms with Gasteiger partial charge in [0.25, 0.3) is 0 Å². The number of aryl methyl sites for hydroxylation is 1. The number of benzene rings is 1. The first-order valence-electron chi connectivity index (χ1n) is 7.13. The van der Waals surface area contributed by atoms with Crippen LogP contribution in [0.1, 0.15) is 41.0 Å². The van der Waals surface area contributed by atoms with Crippen LogP contribution in [0.5, 0.6) is 0 Å². The lowest BCUT2D eigenvalue weighted by Crippen LogP contribution is -2.39. The van der Waals surface area contributed by atoms with Crippen molar-refractivity contribution in [2.75, 3.05) is 6.54 Å². The van der Waals surface area contributed by atoms with Crippen LogP contribution in [0.3, 0.4) is 0 Å². The highest BCUT2D eigenvalue weighted by molar-refractivity contribution is 7.10. The molecule has 3 heteroatoms. The molecule has 20 heavy (non-hydrogen) atoms. The molecule has 1 atom stereocenters. The smallest absolute Gasteiger partial charge is 0.223 e. The van der Waals surface area contributed by atoms with Crippen LogP contribution in [0.25, 0.3) is 0 Å².